The second-order valence-corrected chi connectivity index (χ2v) is 3.93. The SMILES string of the molecule is Cc1cc(NCc2cccn2C)ccc1F. The fourth-order valence-electron chi connectivity index (χ4n) is 1.63. The zero-order chi connectivity index (χ0) is 11.5. The molecule has 0 aliphatic heterocycles. The average molecular weight is 218 g/mol. The summed E-state index contributed by atoms with van der Waals surface area (Å²) in [4.78, 5) is 0. The van der Waals surface area contributed by atoms with Crippen LogP contribution in [0.1, 0.15) is 11.3 Å². The summed E-state index contributed by atoms with van der Waals surface area (Å²) in [5, 5.41) is 3.27. The van der Waals surface area contributed by atoms with E-state index in [1.807, 2.05) is 25.4 Å². The smallest absolute Gasteiger partial charge is 0.126 e. The van der Waals surface area contributed by atoms with E-state index in [1.54, 1.807) is 13.0 Å². The maximum Gasteiger partial charge on any atom is 0.126 e. The Morgan fingerprint density at radius 3 is 2.75 bits per heavy atom. The van der Waals surface area contributed by atoms with Crippen LogP contribution in [0.15, 0.2) is 36.5 Å². The number of hydrogen-bond donors (Lipinski definition) is 1. The van der Waals surface area contributed by atoms with Crippen molar-refractivity contribution in [1.82, 2.24) is 4.57 Å². The van der Waals surface area contributed by atoms with Crippen LogP contribution in [0.4, 0.5) is 10.1 Å². The van der Waals surface area contributed by atoms with E-state index in [0.29, 0.717) is 5.56 Å². The Balaban J connectivity index is 2.05. The van der Waals surface area contributed by atoms with Crippen LogP contribution in [0.3, 0.4) is 0 Å². The van der Waals surface area contributed by atoms with Crippen molar-refractivity contribution in [3.05, 3.63) is 53.6 Å². The van der Waals surface area contributed by atoms with Crippen molar-refractivity contribution in [2.75, 3.05) is 5.32 Å². The van der Waals surface area contributed by atoms with Crippen LogP contribution in [0.25, 0.3) is 0 Å². The molecule has 0 amide bonds. The van der Waals surface area contributed by atoms with Gasteiger partial charge in [-0.1, -0.05) is 0 Å². The molecular formula is C13H15FN2. The number of aromatic nitrogens is 1. The Labute approximate surface area is 94.7 Å². The quantitative estimate of drug-likeness (QED) is 0.837. The van der Waals surface area contributed by atoms with Gasteiger partial charge >= 0.3 is 0 Å². The van der Waals surface area contributed by atoms with E-state index >= 15 is 0 Å². The highest BCUT2D eigenvalue weighted by Crippen LogP contribution is 2.14. The Morgan fingerprint density at radius 2 is 2.12 bits per heavy atom. The lowest BCUT2D eigenvalue weighted by molar-refractivity contribution is 0.618. The van der Waals surface area contributed by atoms with Crippen molar-refractivity contribution >= 4 is 5.69 Å². The molecule has 0 aliphatic carbocycles. The lowest BCUT2D eigenvalue weighted by atomic mass is 10.2. The van der Waals surface area contributed by atoms with Gasteiger partial charge in [-0.3, -0.25) is 0 Å². The molecule has 0 unspecified atom stereocenters. The number of aryl methyl sites for hydroxylation is 2. The van der Waals surface area contributed by atoms with Crippen LogP contribution < -0.4 is 5.32 Å². The third-order valence-electron chi connectivity index (χ3n) is 2.68. The Kier molecular flexibility index (Phi) is 2.95. The molecule has 2 rings (SSSR count). The van der Waals surface area contributed by atoms with E-state index in [4.69, 9.17) is 0 Å². The third kappa shape index (κ3) is 2.24. The molecular weight excluding hydrogens is 203 g/mol. The van der Waals surface area contributed by atoms with Gasteiger partial charge in [0.25, 0.3) is 0 Å². The van der Waals surface area contributed by atoms with E-state index in [0.717, 1.165) is 12.2 Å². The molecule has 0 aliphatic rings. The normalized spacial score (nSPS) is 10.4. The van der Waals surface area contributed by atoms with Crippen LogP contribution in [0.2, 0.25) is 0 Å². The molecule has 16 heavy (non-hydrogen) atoms. The summed E-state index contributed by atoms with van der Waals surface area (Å²) in [6, 6.07) is 9.13. The molecule has 0 bridgehead atoms. The second kappa shape index (κ2) is 4.39. The first kappa shape index (κ1) is 10.7. The number of halogens is 1. The maximum absolute atomic E-state index is 13.0. The van der Waals surface area contributed by atoms with Gasteiger partial charge in [0, 0.05) is 24.6 Å². The van der Waals surface area contributed by atoms with Gasteiger partial charge in [0.15, 0.2) is 0 Å². The van der Waals surface area contributed by atoms with E-state index in [1.165, 1.54) is 11.8 Å². The molecule has 2 nitrogen and oxygen atoms in total. The predicted octanol–water partition coefficient (Wildman–Crippen LogP) is 3.08. The summed E-state index contributed by atoms with van der Waals surface area (Å²) >= 11 is 0. The summed E-state index contributed by atoms with van der Waals surface area (Å²) in [5.74, 6) is -0.163. The van der Waals surface area contributed by atoms with E-state index in [9.17, 15) is 4.39 Å². The molecule has 0 saturated carbocycles. The number of nitrogens with one attached hydrogen (secondary N) is 1. The number of rotatable bonds is 3. The van der Waals surface area contributed by atoms with Crippen molar-refractivity contribution in [3.63, 3.8) is 0 Å². The summed E-state index contributed by atoms with van der Waals surface area (Å²) < 4.78 is 15.1. The standard InChI is InChI=1S/C13H15FN2/c1-10-8-11(5-6-13(10)14)15-9-12-4-3-7-16(12)2/h3-8,15H,9H2,1-2H3. The van der Waals surface area contributed by atoms with Gasteiger partial charge in [0.05, 0.1) is 6.54 Å². The fourth-order valence-corrected chi connectivity index (χ4v) is 1.63. The Hall–Kier alpha value is -1.77. The minimum Gasteiger partial charge on any atom is -0.379 e. The molecule has 3 heteroatoms. The topological polar surface area (TPSA) is 17.0 Å². The molecule has 0 saturated heterocycles. The van der Waals surface area contributed by atoms with Crippen LogP contribution in [-0.4, -0.2) is 4.57 Å². The summed E-state index contributed by atoms with van der Waals surface area (Å²) in [6.45, 7) is 2.51. The van der Waals surface area contributed by atoms with Gasteiger partial charge in [0.2, 0.25) is 0 Å². The van der Waals surface area contributed by atoms with E-state index in [-0.39, 0.29) is 5.82 Å². The van der Waals surface area contributed by atoms with Gasteiger partial charge in [-0.2, -0.15) is 0 Å². The monoisotopic (exact) mass is 218 g/mol. The molecule has 0 radical (unpaired) electrons. The van der Waals surface area contributed by atoms with Gasteiger partial charge in [-0.15, -0.1) is 0 Å². The highest BCUT2D eigenvalue weighted by molar-refractivity contribution is 5.46. The van der Waals surface area contributed by atoms with Gasteiger partial charge in [0.1, 0.15) is 5.82 Å². The molecule has 84 valence electrons. The number of anilines is 1. The number of benzene rings is 1. The van der Waals surface area contributed by atoms with Gasteiger partial charge < -0.3 is 9.88 Å². The first-order chi connectivity index (χ1) is 7.66. The van der Waals surface area contributed by atoms with Crippen molar-refractivity contribution in [3.8, 4) is 0 Å². The molecule has 1 aromatic carbocycles. The summed E-state index contributed by atoms with van der Waals surface area (Å²) in [5.41, 5.74) is 2.80. The Morgan fingerprint density at radius 1 is 1.31 bits per heavy atom. The van der Waals surface area contributed by atoms with Crippen molar-refractivity contribution in [2.24, 2.45) is 7.05 Å². The highest BCUT2D eigenvalue weighted by atomic mass is 19.1. The largest absolute Gasteiger partial charge is 0.379 e. The maximum atomic E-state index is 13.0. The van der Waals surface area contributed by atoms with Crippen LogP contribution in [0, 0.1) is 12.7 Å². The van der Waals surface area contributed by atoms with Crippen LogP contribution in [0.5, 0.6) is 0 Å². The molecule has 0 fully saturated rings. The first-order valence-corrected chi connectivity index (χ1v) is 5.27. The minimum atomic E-state index is -0.163. The van der Waals surface area contributed by atoms with Crippen LogP contribution >= 0.6 is 0 Å². The van der Waals surface area contributed by atoms with E-state index in [2.05, 4.69) is 16.0 Å². The molecule has 0 atom stereocenters. The zero-order valence-corrected chi connectivity index (χ0v) is 9.50. The lowest BCUT2D eigenvalue weighted by Gasteiger charge is -2.08. The Bertz CT molecular complexity index is 488. The van der Waals surface area contributed by atoms with Gasteiger partial charge in [-0.05, 0) is 42.8 Å². The summed E-state index contributed by atoms with van der Waals surface area (Å²) in [7, 11) is 2.01. The van der Waals surface area contributed by atoms with Crippen LogP contribution in [-0.2, 0) is 13.6 Å². The van der Waals surface area contributed by atoms with Gasteiger partial charge in [-0.25, -0.2) is 4.39 Å². The van der Waals surface area contributed by atoms with E-state index < -0.39 is 0 Å². The minimum absolute atomic E-state index is 0.163. The molecule has 2 aromatic rings. The second-order valence-electron chi connectivity index (χ2n) is 3.93. The summed E-state index contributed by atoms with van der Waals surface area (Å²) in [6.07, 6.45) is 2.01. The number of nitrogens with zero attached hydrogens (tertiary/aromatic N) is 1. The fraction of sp³-hybridized carbons (Fsp3) is 0.231. The molecule has 1 heterocycles. The third-order valence-corrected chi connectivity index (χ3v) is 2.68. The molecule has 0 spiro atoms. The van der Waals surface area contributed by atoms with Crippen molar-refractivity contribution in [2.45, 2.75) is 13.5 Å². The highest BCUT2D eigenvalue weighted by Gasteiger charge is 2.00. The lowest BCUT2D eigenvalue weighted by Crippen LogP contribution is -2.04. The van der Waals surface area contributed by atoms with Crippen molar-refractivity contribution < 1.29 is 4.39 Å². The predicted molar refractivity (Wildman–Crippen MR) is 63.9 cm³/mol. The average Bonchev–Trinajstić information content (AvgIpc) is 2.66. The zero-order valence-electron chi connectivity index (χ0n) is 9.50. The number of hydrogen-bond acceptors (Lipinski definition) is 1. The first-order valence-electron chi connectivity index (χ1n) is 5.27. The van der Waals surface area contributed by atoms with Crippen molar-refractivity contribution in [1.29, 1.82) is 0 Å². The molecule has 1 aromatic heterocycles. The molecule has 1 N–H and O–H groups in total.